The number of rotatable bonds is 3. The Bertz CT molecular complexity index is 761. The Kier molecular flexibility index (Phi) is 4.81. The van der Waals surface area contributed by atoms with Crippen LogP contribution in [0.2, 0.25) is 0 Å². The maximum Gasteiger partial charge on any atom is 0.311 e. The number of aromatic amines is 1. The number of nitrogens with zero attached hydrogens (tertiary/aromatic N) is 2. The molecule has 1 amide bonds. The van der Waals surface area contributed by atoms with E-state index in [2.05, 4.69) is 9.97 Å². The third-order valence-corrected chi connectivity index (χ3v) is 5.14. The Labute approximate surface area is 147 Å². The topological polar surface area (TPSA) is 103 Å². The summed E-state index contributed by atoms with van der Waals surface area (Å²) >= 11 is 0. The third kappa shape index (κ3) is 3.32. The summed E-state index contributed by atoms with van der Waals surface area (Å²) in [6.45, 7) is 11.5. The van der Waals surface area contributed by atoms with Gasteiger partial charge in [0.2, 0.25) is 0 Å². The summed E-state index contributed by atoms with van der Waals surface area (Å²) in [5.41, 5.74) is -1.40. The second-order valence-corrected chi connectivity index (χ2v) is 8.22. The number of likely N-dealkylation sites (tertiary alicyclic amines) is 1. The fourth-order valence-corrected chi connectivity index (χ4v) is 3.25. The highest BCUT2D eigenvalue weighted by atomic mass is 16.4. The van der Waals surface area contributed by atoms with Crippen LogP contribution >= 0.6 is 0 Å². The molecule has 1 saturated heterocycles. The van der Waals surface area contributed by atoms with E-state index in [4.69, 9.17) is 0 Å². The summed E-state index contributed by atoms with van der Waals surface area (Å²) in [6.07, 6.45) is 0.385. The average Bonchev–Trinajstić information content (AvgIpc) is 2.91. The van der Waals surface area contributed by atoms with Crippen molar-refractivity contribution in [2.45, 2.75) is 53.4 Å². The fourth-order valence-electron chi connectivity index (χ4n) is 3.25. The second-order valence-electron chi connectivity index (χ2n) is 8.22. The van der Waals surface area contributed by atoms with Crippen LogP contribution in [-0.2, 0) is 10.2 Å². The molecule has 2 rings (SSSR count). The first-order valence-corrected chi connectivity index (χ1v) is 8.54. The maximum atomic E-state index is 12.9. The molecule has 0 saturated carbocycles. The molecular weight excluding hydrogens is 322 g/mol. The lowest BCUT2D eigenvalue weighted by Gasteiger charge is -2.28. The van der Waals surface area contributed by atoms with E-state index in [1.807, 2.05) is 34.6 Å². The highest BCUT2D eigenvalue weighted by molar-refractivity contribution is 5.95. The molecule has 0 aromatic carbocycles. The van der Waals surface area contributed by atoms with Gasteiger partial charge in [-0.25, -0.2) is 4.98 Å². The highest BCUT2D eigenvalue weighted by Crippen LogP contribution is 2.38. The minimum Gasteiger partial charge on any atom is -0.481 e. The number of aryl methyl sites for hydroxylation is 1. The van der Waals surface area contributed by atoms with Crippen molar-refractivity contribution in [3.63, 3.8) is 0 Å². The van der Waals surface area contributed by atoms with Crippen LogP contribution in [0.25, 0.3) is 0 Å². The molecule has 2 heterocycles. The molecule has 7 nitrogen and oxygen atoms in total. The molecule has 1 fully saturated rings. The van der Waals surface area contributed by atoms with Gasteiger partial charge in [-0.2, -0.15) is 0 Å². The van der Waals surface area contributed by atoms with Crippen molar-refractivity contribution in [1.29, 1.82) is 0 Å². The minimum atomic E-state index is -0.963. The van der Waals surface area contributed by atoms with Gasteiger partial charge >= 0.3 is 5.97 Å². The van der Waals surface area contributed by atoms with E-state index in [1.54, 1.807) is 6.92 Å². The van der Waals surface area contributed by atoms with Crippen LogP contribution in [0.4, 0.5) is 0 Å². The summed E-state index contributed by atoms with van der Waals surface area (Å²) in [5.74, 6) is -0.932. The summed E-state index contributed by atoms with van der Waals surface area (Å²) in [4.78, 5) is 45.6. The van der Waals surface area contributed by atoms with Crippen molar-refractivity contribution < 1.29 is 14.7 Å². The van der Waals surface area contributed by atoms with Crippen molar-refractivity contribution in [2.24, 2.45) is 11.3 Å². The molecule has 0 radical (unpaired) electrons. The van der Waals surface area contributed by atoms with Crippen LogP contribution in [0.3, 0.4) is 0 Å². The quantitative estimate of drug-likeness (QED) is 0.868. The van der Waals surface area contributed by atoms with Crippen LogP contribution in [-0.4, -0.2) is 44.9 Å². The molecule has 0 bridgehead atoms. The Morgan fingerprint density at radius 3 is 2.32 bits per heavy atom. The minimum absolute atomic E-state index is 0.00190. The van der Waals surface area contributed by atoms with Gasteiger partial charge in [0.05, 0.1) is 11.1 Å². The number of carbonyl (C=O) groups is 2. The van der Waals surface area contributed by atoms with Gasteiger partial charge in [-0.1, -0.05) is 34.6 Å². The fraction of sp³-hybridized carbons (Fsp3) is 0.667. The van der Waals surface area contributed by atoms with Gasteiger partial charge in [-0.15, -0.1) is 0 Å². The van der Waals surface area contributed by atoms with E-state index >= 15 is 0 Å². The van der Waals surface area contributed by atoms with Gasteiger partial charge in [0.15, 0.2) is 0 Å². The van der Waals surface area contributed by atoms with Crippen molar-refractivity contribution in [1.82, 2.24) is 14.9 Å². The number of hydrogen-bond donors (Lipinski definition) is 2. The van der Waals surface area contributed by atoms with Crippen molar-refractivity contribution in [3.05, 3.63) is 27.4 Å². The zero-order valence-electron chi connectivity index (χ0n) is 15.8. The molecule has 2 N–H and O–H groups in total. The zero-order valence-corrected chi connectivity index (χ0v) is 15.8. The van der Waals surface area contributed by atoms with Crippen molar-refractivity contribution in [2.75, 3.05) is 13.1 Å². The summed E-state index contributed by atoms with van der Waals surface area (Å²) in [5, 5.41) is 9.62. The summed E-state index contributed by atoms with van der Waals surface area (Å²) in [6, 6.07) is 0. The number of carboxylic acid groups (broad SMARTS) is 1. The normalized spacial score (nSPS) is 21.0. The van der Waals surface area contributed by atoms with Gasteiger partial charge in [-0.05, 0) is 19.3 Å². The smallest absolute Gasteiger partial charge is 0.311 e. The van der Waals surface area contributed by atoms with E-state index in [1.165, 1.54) is 4.90 Å². The van der Waals surface area contributed by atoms with E-state index in [0.29, 0.717) is 24.5 Å². The Balaban J connectivity index is 2.37. The van der Waals surface area contributed by atoms with Crippen LogP contribution in [0.5, 0.6) is 0 Å². The first-order valence-electron chi connectivity index (χ1n) is 8.54. The van der Waals surface area contributed by atoms with E-state index in [0.717, 1.165) is 0 Å². The summed E-state index contributed by atoms with van der Waals surface area (Å²) < 4.78 is 0. The van der Waals surface area contributed by atoms with Crippen molar-refractivity contribution in [3.8, 4) is 0 Å². The number of H-pyrrole nitrogens is 1. The largest absolute Gasteiger partial charge is 0.481 e. The maximum absolute atomic E-state index is 12.9. The molecule has 25 heavy (non-hydrogen) atoms. The third-order valence-electron chi connectivity index (χ3n) is 5.14. The highest BCUT2D eigenvalue weighted by Gasteiger charge is 2.49. The molecule has 138 valence electrons. The zero-order chi connectivity index (χ0) is 19.2. The van der Waals surface area contributed by atoms with Gasteiger partial charge in [0, 0.05) is 18.5 Å². The number of amides is 1. The first-order chi connectivity index (χ1) is 11.4. The number of aromatic nitrogens is 2. The molecule has 0 aliphatic carbocycles. The number of hydrogen-bond acceptors (Lipinski definition) is 4. The van der Waals surface area contributed by atoms with Crippen LogP contribution in [0.15, 0.2) is 4.79 Å². The molecule has 1 atom stereocenters. The number of carbonyl (C=O) groups excluding carboxylic acids is 1. The van der Waals surface area contributed by atoms with Crippen molar-refractivity contribution >= 4 is 11.9 Å². The molecular formula is C18H27N3O4. The van der Waals surface area contributed by atoms with Crippen LogP contribution in [0, 0.1) is 18.3 Å². The van der Waals surface area contributed by atoms with Gasteiger partial charge < -0.3 is 15.0 Å². The molecule has 0 spiro atoms. The predicted octanol–water partition coefficient (Wildman–Crippen LogP) is 1.95. The first kappa shape index (κ1) is 19.1. The Hall–Kier alpha value is -2.18. The Morgan fingerprint density at radius 2 is 1.92 bits per heavy atom. The lowest BCUT2D eigenvalue weighted by molar-refractivity contribution is -0.150. The summed E-state index contributed by atoms with van der Waals surface area (Å²) in [7, 11) is 0. The monoisotopic (exact) mass is 349 g/mol. The predicted molar refractivity (Wildman–Crippen MR) is 93.7 cm³/mol. The van der Waals surface area contributed by atoms with E-state index in [9.17, 15) is 19.5 Å². The van der Waals surface area contributed by atoms with Gasteiger partial charge in [0.25, 0.3) is 11.5 Å². The number of nitrogens with one attached hydrogen (secondary N) is 1. The number of carboxylic acids is 1. The molecule has 1 aromatic heterocycles. The van der Waals surface area contributed by atoms with Crippen LogP contribution in [0.1, 0.15) is 62.9 Å². The van der Waals surface area contributed by atoms with Gasteiger partial charge in [-0.3, -0.25) is 14.4 Å². The molecule has 1 unspecified atom stereocenters. The van der Waals surface area contributed by atoms with Crippen LogP contribution < -0.4 is 5.56 Å². The molecule has 1 aliphatic heterocycles. The standard InChI is InChI=1S/C18H27N3O4/c1-10(2)18(16(24)25)7-8-21(9-18)14(23)12-11(3)19-15(17(4,5)6)20-13(12)22/h10H,7-9H2,1-6H3,(H,24,25)(H,19,20,22). The number of aliphatic carboxylic acids is 1. The lowest BCUT2D eigenvalue weighted by Crippen LogP contribution is -2.42. The molecule has 1 aliphatic rings. The van der Waals surface area contributed by atoms with Gasteiger partial charge in [0.1, 0.15) is 11.4 Å². The molecule has 7 heteroatoms. The SMILES string of the molecule is Cc1nc(C(C)(C)C)[nH]c(=O)c1C(=O)N1CCC(C(=O)O)(C(C)C)C1. The Morgan fingerprint density at radius 1 is 1.32 bits per heavy atom. The lowest BCUT2D eigenvalue weighted by atomic mass is 9.76. The van der Waals surface area contributed by atoms with E-state index < -0.39 is 22.9 Å². The second kappa shape index (κ2) is 6.28. The van der Waals surface area contributed by atoms with E-state index in [-0.39, 0.29) is 23.4 Å². The molecule has 1 aromatic rings. The average molecular weight is 349 g/mol.